The van der Waals surface area contributed by atoms with Crippen molar-refractivity contribution in [2.75, 3.05) is 0 Å². The molecular formula is C11H11F3O3. The Kier molecular flexibility index (Phi) is 3.65. The van der Waals surface area contributed by atoms with Crippen molar-refractivity contribution in [2.45, 2.75) is 26.1 Å². The minimum atomic E-state index is -4.83. The largest absolute Gasteiger partial charge is 0.573 e. The average Bonchev–Trinajstić information content (AvgIpc) is 2.14. The van der Waals surface area contributed by atoms with Crippen LogP contribution in [0.4, 0.5) is 13.2 Å². The van der Waals surface area contributed by atoms with Gasteiger partial charge in [0, 0.05) is 0 Å². The van der Waals surface area contributed by atoms with Crippen LogP contribution in [0.2, 0.25) is 0 Å². The van der Waals surface area contributed by atoms with E-state index in [-0.39, 0.29) is 11.5 Å². The van der Waals surface area contributed by atoms with Gasteiger partial charge in [0.15, 0.2) is 0 Å². The van der Waals surface area contributed by atoms with Gasteiger partial charge in [-0.1, -0.05) is 19.9 Å². The first kappa shape index (κ1) is 13.3. The second kappa shape index (κ2) is 4.65. The average molecular weight is 248 g/mol. The quantitative estimate of drug-likeness (QED) is 0.891. The number of halogens is 3. The van der Waals surface area contributed by atoms with Gasteiger partial charge in [0.2, 0.25) is 0 Å². The lowest BCUT2D eigenvalue weighted by Gasteiger charge is -2.15. The number of alkyl halides is 3. The van der Waals surface area contributed by atoms with Gasteiger partial charge in [0.1, 0.15) is 5.75 Å². The highest BCUT2D eigenvalue weighted by Gasteiger charge is 2.32. The Morgan fingerprint density at radius 2 is 1.94 bits per heavy atom. The fraction of sp³-hybridized carbons (Fsp3) is 0.364. The fourth-order valence-corrected chi connectivity index (χ4v) is 1.36. The van der Waals surface area contributed by atoms with E-state index in [9.17, 15) is 18.0 Å². The van der Waals surface area contributed by atoms with Crippen molar-refractivity contribution in [3.63, 3.8) is 0 Å². The summed E-state index contributed by atoms with van der Waals surface area (Å²) in [6.45, 7) is 3.39. The predicted octanol–water partition coefficient (Wildman–Crippen LogP) is 3.41. The number of benzene rings is 1. The number of rotatable bonds is 3. The Balaban J connectivity index is 3.21. The van der Waals surface area contributed by atoms with Crippen LogP contribution in [0.1, 0.15) is 35.7 Å². The first-order chi connectivity index (χ1) is 7.70. The summed E-state index contributed by atoms with van der Waals surface area (Å²) in [6.07, 6.45) is -4.83. The number of hydrogen-bond donors (Lipinski definition) is 1. The molecule has 0 aliphatic rings. The number of hydrogen-bond acceptors (Lipinski definition) is 2. The number of ether oxygens (including phenoxy) is 1. The van der Waals surface area contributed by atoms with Crippen LogP contribution in [-0.4, -0.2) is 17.4 Å². The van der Waals surface area contributed by atoms with Crippen molar-refractivity contribution >= 4 is 5.97 Å². The molecule has 0 spiro atoms. The van der Waals surface area contributed by atoms with E-state index >= 15 is 0 Å². The summed E-state index contributed by atoms with van der Waals surface area (Å²) in [5.41, 5.74) is 0.0703. The van der Waals surface area contributed by atoms with Gasteiger partial charge < -0.3 is 9.84 Å². The Hall–Kier alpha value is -1.72. The van der Waals surface area contributed by atoms with Gasteiger partial charge in [-0.3, -0.25) is 0 Å². The highest BCUT2D eigenvalue weighted by molar-refractivity contribution is 5.88. The van der Waals surface area contributed by atoms with Crippen LogP contribution < -0.4 is 4.74 Å². The number of aromatic carboxylic acids is 1. The Labute approximate surface area is 95.8 Å². The third-order valence-corrected chi connectivity index (χ3v) is 2.11. The summed E-state index contributed by atoms with van der Waals surface area (Å²) >= 11 is 0. The summed E-state index contributed by atoms with van der Waals surface area (Å²) in [6, 6.07) is 3.46. The second-order valence-corrected chi connectivity index (χ2v) is 3.76. The maximum absolute atomic E-state index is 12.1. The Morgan fingerprint density at radius 1 is 1.35 bits per heavy atom. The summed E-state index contributed by atoms with van der Waals surface area (Å²) in [7, 11) is 0. The lowest BCUT2D eigenvalue weighted by atomic mass is 10.0. The first-order valence-electron chi connectivity index (χ1n) is 4.83. The van der Waals surface area contributed by atoms with Crippen LogP contribution in [0.15, 0.2) is 18.2 Å². The van der Waals surface area contributed by atoms with E-state index in [0.29, 0.717) is 5.56 Å². The molecule has 0 aliphatic carbocycles. The molecule has 17 heavy (non-hydrogen) atoms. The topological polar surface area (TPSA) is 46.5 Å². The molecule has 0 saturated carbocycles. The lowest BCUT2D eigenvalue weighted by molar-refractivity contribution is -0.275. The van der Waals surface area contributed by atoms with Gasteiger partial charge in [-0.15, -0.1) is 13.2 Å². The lowest BCUT2D eigenvalue weighted by Crippen LogP contribution is -2.18. The van der Waals surface area contributed by atoms with E-state index < -0.39 is 18.1 Å². The molecule has 1 N–H and O–H groups in total. The fourth-order valence-electron chi connectivity index (χ4n) is 1.36. The van der Waals surface area contributed by atoms with Crippen LogP contribution >= 0.6 is 0 Å². The Bertz CT molecular complexity index is 424. The molecule has 0 atom stereocenters. The van der Waals surface area contributed by atoms with Gasteiger partial charge in [-0.25, -0.2) is 4.79 Å². The molecular weight excluding hydrogens is 237 g/mol. The van der Waals surface area contributed by atoms with Crippen LogP contribution in [0.5, 0.6) is 5.75 Å². The molecule has 94 valence electrons. The summed E-state index contributed by atoms with van der Waals surface area (Å²) in [5, 5.41) is 8.70. The van der Waals surface area contributed by atoms with Gasteiger partial charge in [-0.2, -0.15) is 0 Å². The molecule has 0 bridgehead atoms. The number of carbonyl (C=O) groups is 1. The maximum atomic E-state index is 12.1. The monoisotopic (exact) mass is 248 g/mol. The molecule has 0 heterocycles. The van der Waals surface area contributed by atoms with Gasteiger partial charge >= 0.3 is 12.3 Å². The van der Waals surface area contributed by atoms with Crippen LogP contribution in [0.25, 0.3) is 0 Å². The predicted molar refractivity (Wildman–Crippen MR) is 54.2 cm³/mol. The van der Waals surface area contributed by atoms with Crippen molar-refractivity contribution in [1.29, 1.82) is 0 Å². The third-order valence-electron chi connectivity index (χ3n) is 2.11. The minimum Gasteiger partial charge on any atom is -0.478 e. The molecule has 0 saturated heterocycles. The van der Waals surface area contributed by atoms with E-state index in [1.54, 1.807) is 13.8 Å². The van der Waals surface area contributed by atoms with Crippen LogP contribution in [0, 0.1) is 0 Å². The zero-order valence-electron chi connectivity index (χ0n) is 9.21. The smallest absolute Gasteiger partial charge is 0.478 e. The SMILES string of the molecule is CC(C)c1ccc(C(=O)O)cc1OC(F)(F)F. The van der Waals surface area contributed by atoms with Gasteiger partial charge in [-0.05, 0) is 23.6 Å². The van der Waals surface area contributed by atoms with Gasteiger partial charge in [0.25, 0.3) is 0 Å². The van der Waals surface area contributed by atoms with Crippen LogP contribution in [-0.2, 0) is 0 Å². The molecule has 0 aromatic heterocycles. The number of carboxylic acids is 1. The summed E-state index contributed by atoms with van der Waals surface area (Å²) in [5.74, 6) is -1.96. The molecule has 0 amide bonds. The van der Waals surface area contributed by atoms with E-state index in [2.05, 4.69) is 4.74 Å². The molecule has 0 aliphatic heterocycles. The third kappa shape index (κ3) is 3.65. The van der Waals surface area contributed by atoms with Gasteiger partial charge in [0.05, 0.1) is 5.56 Å². The second-order valence-electron chi connectivity index (χ2n) is 3.76. The molecule has 0 fully saturated rings. The van der Waals surface area contributed by atoms with Crippen molar-refractivity contribution in [1.82, 2.24) is 0 Å². The minimum absolute atomic E-state index is 0.199. The zero-order chi connectivity index (χ0) is 13.2. The van der Waals surface area contributed by atoms with E-state index in [4.69, 9.17) is 5.11 Å². The molecule has 1 aromatic carbocycles. The highest BCUT2D eigenvalue weighted by atomic mass is 19.4. The van der Waals surface area contributed by atoms with Crippen molar-refractivity contribution in [3.8, 4) is 5.75 Å². The zero-order valence-corrected chi connectivity index (χ0v) is 9.21. The van der Waals surface area contributed by atoms with Crippen molar-refractivity contribution in [2.24, 2.45) is 0 Å². The Morgan fingerprint density at radius 3 is 2.35 bits per heavy atom. The standard InChI is InChI=1S/C11H11F3O3/c1-6(2)8-4-3-7(10(15)16)5-9(8)17-11(12,13)14/h3-6H,1-2H3,(H,15,16). The molecule has 6 heteroatoms. The van der Waals surface area contributed by atoms with E-state index in [1.807, 2.05) is 0 Å². The first-order valence-corrected chi connectivity index (χ1v) is 4.83. The molecule has 0 unspecified atom stereocenters. The highest BCUT2D eigenvalue weighted by Crippen LogP contribution is 2.32. The normalized spacial score (nSPS) is 11.6. The molecule has 0 radical (unpaired) electrons. The molecule has 3 nitrogen and oxygen atoms in total. The van der Waals surface area contributed by atoms with Crippen molar-refractivity contribution in [3.05, 3.63) is 29.3 Å². The summed E-state index contributed by atoms with van der Waals surface area (Å²) < 4.78 is 40.3. The molecule has 1 aromatic rings. The number of carboxylic acid groups (broad SMARTS) is 1. The summed E-state index contributed by atoms with van der Waals surface area (Å²) in [4.78, 5) is 10.7. The molecule has 1 rings (SSSR count). The van der Waals surface area contributed by atoms with Crippen LogP contribution in [0.3, 0.4) is 0 Å². The maximum Gasteiger partial charge on any atom is 0.573 e. The van der Waals surface area contributed by atoms with E-state index in [1.165, 1.54) is 12.1 Å². The van der Waals surface area contributed by atoms with Crippen molar-refractivity contribution < 1.29 is 27.8 Å². The van der Waals surface area contributed by atoms with E-state index in [0.717, 1.165) is 6.07 Å².